The summed E-state index contributed by atoms with van der Waals surface area (Å²) in [6, 6.07) is 10.8. The predicted molar refractivity (Wildman–Crippen MR) is 92.4 cm³/mol. The lowest BCUT2D eigenvalue weighted by atomic mass is 9.97. The van der Waals surface area contributed by atoms with Crippen molar-refractivity contribution in [2.45, 2.75) is 32.2 Å². The number of rotatable bonds is 5. The van der Waals surface area contributed by atoms with E-state index in [4.69, 9.17) is 5.26 Å². The Balaban J connectivity index is 0.00000200. The Morgan fingerprint density at radius 2 is 2.00 bits per heavy atom. The summed E-state index contributed by atoms with van der Waals surface area (Å²) >= 11 is 0. The van der Waals surface area contributed by atoms with E-state index in [0.717, 1.165) is 31.7 Å². The van der Waals surface area contributed by atoms with E-state index in [2.05, 4.69) is 35.3 Å². The Morgan fingerprint density at radius 3 is 2.62 bits per heavy atom. The first-order valence-corrected chi connectivity index (χ1v) is 7.30. The first-order chi connectivity index (χ1) is 9.35. The van der Waals surface area contributed by atoms with Crippen LogP contribution in [-0.2, 0) is 0 Å². The Hall–Kier alpha value is -0.790. The van der Waals surface area contributed by atoms with Gasteiger partial charge in [0.1, 0.15) is 0 Å². The van der Waals surface area contributed by atoms with Gasteiger partial charge in [-0.25, -0.2) is 0 Å². The highest BCUT2D eigenvalue weighted by atomic mass is 35.5. The number of piperazine rings is 1. The van der Waals surface area contributed by atoms with E-state index in [-0.39, 0.29) is 24.8 Å². The maximum absolute atomic E-state index is 9.06. The Bertz CT molecular complexity index is 439. The van der Waals surface area contributed by atoms with E-state index in [1.165, 1.54) is 24.8 Å². The molecule has 0 unspecified atom stereocenters. The molecule has 0 spiro atoms. The molecule has 1 fully saturated rings. The average Bonchev–Trinajstić information content (AvgIpc) is 2.49. The van der Waals surface area contributed by atoms with Crippen LogP contribution in [0.25, 0.3) is 0 Å². The molecule has 2 rings (SSSR count). The summed E-state index contributed by atoms with van der Waals surface area (Å²) in [7, 11) is 0. The molecule has 1 N–H and O–H groups in total. The van der Waals surface area contributed by atoms with Crippen LogP contribution >= 0.6 is 24.8 Å². The number of hydrogen-bond acceptors (Lipinski definition) is 3. The highest BCUT2D eigenvalue weighted by Crippen LogP contribution is 2.27. The third-order valence-electron chi connectivity index (χ3n) is 3.82. The lowest BCUT2D eigenvalue weighted by molar-refractivity contribution is 0.163. The van der Waals surface area contributed by atoms with Crippen LogP contribution in [0, 0.1) is 11.3 Å². The Kier molecular flexibility index (Phi) is 10.5. The van der Waals surface area contributed by atoms with Gasteiger partial charge in [0.05, 0.1) is 11.6 Å². The summed E-state index contributed by atoms with van der Waals surface area (Å²) in [6.07, 6.45) is 3.65. The molecule has 0 radical (unpaired) electrons. The maximum Gasteiger partial charge on any atom is 0.0991 e. The van der Waals surface area contributed by atoms with E-state index in [9.17, 15) is 0 Å². The lowest BCUT2D eigenvalue weighted by Crippen LogP contribution is -2.45. The first kappa shape index (κ1) is 20.2. The molecule has 1 aliphatic heterocycles. The van der Waals surface area contributed by atoms with E-state index < -0.39 is 0 Å². The molecular weight excluding hydrogens is 305 g/mol. The molecular formula is C16H25Cl2N3. The quantitative estimate of drug-likeness (QED) is 0.897. The Labute approximate surface area is 140 Å². The third-order valence-corrected chi connectivity index (χ3v) is 3.82. The van der Waals surface area contributed by atoms with Gasteiger partial charge in [-0.05, 0) is 24.1 Å². The smallest absolute Gasteiger partial charge is 0.0991 e. The van der Waals surface area contributed by atoms with Crippen molar-refractivity contribution in [3.05, 3.63) is 35.4 Å². The molecule has 1 heterocycles. The van der Waals surface area contributed by atoms with E-state index in [1.807, 2.05) is 12.1 Å². The molecule has 5 heteroatoms. The van der Waals surface area contributed by atoms with Gasteiger partial charge >= 0.3 is 0 Å². The second-order valence-electron chi connectivity index (χ2n) is 5.18. The summed E-state index contributed by atoms with van der Waals surface area (Å²) in [5.74, 6) is 0. The predicted octanol–water partition coefficient (Wildman–Crippen LogP) is 3.54. The first-order valence-electron chi connectivity index (χ1n) is 7.30. The minimum absolute atomic E-state index is 0. The van der Waals surface area contributed by atoms with Gasteiger partial charge in [-0.3, -0.25) is 4.90 Å². The summed E-state index contributed by atoms with van der Waals surface area (Å²) in [6.45, 7) is 6.58. The van der Waals surface area contributed by atoms with Gasteiger partial charge < -0.3 is 5.32 Å². The fourth-order valence-electron chi connectivity index (χ4n) is 2.77. The Morgan fingerprint density at radius 1 is 1.29 bits per heavy atom. The molecule has 21 heavy (non-hydrogen) atoms. The fourth-order valence-corrected chi connectivity index (χ4v) is 2.77. The van der Waals surface area contributed by atoms with Crippen LogP contribution in [0.2, 0.25) is 0 Å². The number of nitrogens with zero attached hydrogens (tertiary/aromatic N) is 2. The molecule has 1 aromatic rings. The van der Waals surface area contributed by atoms with E-state index in [0.29, 0.717) is 6.04 Å². The van der Waals surface area contributed by atoms with Gasteiger partial charge in [0, 0.05) is 32.2 Å². The van der Waals surface area contributed by atoms with Crippen LogP contribution in [0.4, 0.5) is 0 Å². The third kappa shape index (κ3) is 5.84. The van der Waals surface area contributed by atoms with Crippen molar-refractivity contribution >= 4 is 24.8 Å². The van der Waals surface area contributed by atoms with Gasteiger partial charge in [0.25, 0.3) is 0 Å². The summed E-state index contributed by atoms with van der Waals surface area (Å²) in [5.41, 5.74) is 2.07. The molecule has 0 amide bonds. The second-order valence-corrected chi connectivity index (χ2v) is 5.18. The highest BCUT2D eigenvalue weighted by molar-refractivity contribution is 5.85. The zero-order valence-corrected chi connectivity index (χ0v) is 14.2. The molecule has 0 saturated carbocycles. The molecule has 1 atom stereocenters. The standard InChI is InChI=1S/C16H23N3.2ClH/c1-2-3-7-16(19-10-8-18-9-11-19)15-6-4-5-14(12-15)13-17;;/h4-6,12,16,18H,2-3,7-11H2,1H3;2*1H/t16-;;/m0../s1. The second kappa shape index (κ2) is 10.9. The van der Waals surface area contributed by atoms with E-state index in [1.54, 1.807) is 0 Å². The average molecular weight is 330 g/mol. The topological polar surface area (TPSA) is 39.1 Å². The monoisotopic (exact) mass is 329 g/mol. The molecule has 1 aromatic carbocycles. The van der Waals surface area contributed by atoms with Crippen LogP contribution in [0.5, 0.6) is 0 Å². The maximum atomic E-state index is 9.06. The van der Waals surface area contributed by atoms with Crippen LogP contribution in [-0.4, -0.2) is 31.1 Å². The minimum atomic E-state index is 0. The van der Waals surface area contributed by atoms with Gasteiger partial charge in [0.15, 0.2) is 0 Å². The van der Waals surface area contributed by atoms with Crippen LogP contribution in [0.3, 0.4) is 0 Å². The number of benzene rings is 1. The number of unbranched alkanes of at least 4 members (excludes halogenated alkanes) is 1. The summed E-state index contributed by atoms with van der Waals surface area (Å²) in [4.78, 5) is 2.56. The van der Waals surface area contributed by atoms with Crippen LogP contribution < -0.4 is 5.32 Å². The largest absolute Gasteiger partial charge is 0.314 e. The zero-order valence-electron chi connectivity index (χ0n) is 12.5. The molecule has 0 aliphatic carbocycles. The number of halogens is 2. The van der Waals surface area contributed by atoms with Gasteiger partial charge in [-0.15, -0.1) is 24.8 Å². The SMILES string of the molecule is CCCC[C@@H](c1cccc(C#N)c1)N1CCNCC1.Cl.Cl. The normalized spacial score (nSPS) is 16.2. The molecule has 118 valence electrons. The molecule has 0 aromatic heterocycles. The lowest BCUT2D eigenvalue weighted by Gasteiger charge is -2.35. The number of nitriles is 1. The van der Waals surface area contributed by atoms with Crippen molar-refractivity contribution in [2.75, 3.05) is 26.2 Å². The fraction of sp³-hybridized carbons (Fsp3) is 0.562. The molecule has 0 bridgehead atoms. The van der Waals surface area contributed by atoms with Gasteiger partial charge in [0.2, 0.25) is 0 Å². The highest BCUT2D eigenvalue weighted by Gasteiger charge is 2.21. The van der Waals surface area contributed by atoms with Crippen molar-refractivity contribution in [2.24, 2.45) is 0 Å². The van der Waals surface area contributed by atoms with Crippen molar-refractivity contribution in [3.63, 3.8) is 0 Å². The van der Waals surface area contributed by atoms with Crippen molar-refractivity contribution < 1.29 is 0 Å². The molecule has 1 aliphatic rings. The minimum Gasteiger partial charge on any atom is -0.314 e. The van der Waals surface area contributed by atoms with Crippen molar-refractivity contribution in [3.8, 4) is 6.07 Å². The van der Waals surface area contributed by atoms with Gasteiger partial charge in [-0.1, -0.05) is 31.9 Å². The molecule has 3 nitrogen and oxygen atoms in total. The summed E-state index contributed by atoms with van der Waals surface area (Å²) < 4.78 is 0. The van der Waals surface area contributed by atoms with E-state index >= 15 is 0 Å². The van der Waals surface area contributed by atoms with Crippen molar-refractivity contribution in [1.82, 2.24) is 10.2 Å². The van der Waals surface area contributed by atoms with Crippen LogP contribution in [0.15, 0.2) is 24.3 Å². The number of hydrogen-bond donors (Lipinski definition) is 1. The summed E-state index contributed by atoms with van der Waals surface area (Å²) in [5, 5.41) is 12.5. The number of nitrogens with one attached hydrogen (secondary N) is 1. The van der Waals surface area contributed by atoms with Crippen LogP contribution in [0.1, 0.15) is 43.4 Å². The molecule has 1 saturated heterocycles. The van der Waals surface area contributed by atoms with Gasteiger partial charge in [-0.2, -0.15) is 5.26 Å². The van der Waals surface area contributed by atoms with Crippen molar-refractivity contribution in [1.29, 1.82) is 5.26 Å². The zero-order chi connectivity index (χ0) is 13.5.